The number of rotatable bonds is 4. The highest BCUT2D eigenvalue weighted by Gasteiger charge is 2.13. The normalized spacial score (nSPS) is 12.6. The number of carbonyl (C=O) groups is 1. The van der Waals surface area contributed by atoms with E-state index in [1.165, 1.54) is 4.90 Å². The Labute approximate surface area is 95.7 Å². The Morgan fingerprint density at radius 1 is 1.62 bits per heavy atom. The van der Waals surface area contributed by atoms with E-state index in [-0.39, 0.29) is 12.5 Å². The highest BCUT2D eigenvalue weighted by molar-refractivity contribution is 5.75. The summed E-state index contributed by atoms with van der Waals surface area (Å²) in [5, 5.41) is 13.4. The van der Waals surface area contributed by atoms with Gasteiger partial charge in [-0.15, -0.1) is 0 Å². The molecule has 16 heavy (non-hydrogen) atoms. The standard InChI is InChI=1S/C11H19N3O2/c1-8-5-9(2)14(12-8)7-11(16)13(4)6-10(3)15/h5,10,15H,6-7H2,1-4H3. The minimum absolute atomic E-state index is 0.0490. The van der Waals surface area contributed by atoms with Gasteiger partial charge >= 0.3 is 0 Å². The fraction of sp³-hybridized carbons (Fsp3) is 0.636. The van der Waals surface area contributed by atoms with Crippen molar-refractivity contribution in [3.05, 3.63) is 17.5 Å². The Balaban J connectivity index is 2.60. The molecule has 0 saturated carbocycles. The largest absolute Gasteiger partial charge is 0.392 e. The van der Waals surface area contributed by atoms with Crippen molar-refractivity contribution >= 4 is 5.91 Å². The number of nitrogens with zero attached hydrogens (tertiary/aromatic N) is 3. The van der Waals surface area contributed by atoms with Gasteiger partial charge < -0.3 is 10.0 Å². The molecule has 1 N–H and O–H groups in total. The summed E-state index contributed by atoms with van der Waals surface area (Å²) in [7, 11) is 1.68. The molecule has 0 aliphatic rings. The maximum absolute atomic E-state index is 11.8. The second-order valence-electron chi connectivity index (χ2n) is 4.21. The van der Waals surface area contributed by atoms with Crippen molar-refractivity contribution < 1.29 is 9.90 Å². The fourth-order valence-electron chi connectivity index (χ4n) is 1.58. The van der Waals surface area contributed by atoms with Crippen LogP contribution in [0.1, 0.15) is 18.3 Å². The Kier molecular flexibility index (Phi) is 4.06. The number of likely N-dealkylation sites (N-methyl/N-ethyl adjacent to an activating group) is 1. The van der Waals surface area contributed by atoms with Gasteiger partial charge in [-0.25, -0.2) is 0 Å². The Morgan fingerprint density at radius 3 is 2.69 bits per heavy atom. The lowest BCUT2D eigenvalue weighted by molar-refractivity contribution is -0.131. The van der Waals surface area contributed by atoms with Crippen LogP contribution >= 0.6 is 0 Å². The van der Waals surface area contributed by atoms with Crippen molar-refractivity contribution in [2.75, 3.05) is 13.6 Å². The molecule has 0 aromatic carbocycles. The van der Waals surface area contributed by atoms with Crippen molar-refractivity contribution in [1.82, 2.24) is 14.7 Å². The third-order valence-electron chi connectivity index (χ3n) is 2.35. The van der Waals surface area contributed by atoms with E-state index in [4.69, 9.17) is 0 Å². The number of amides is 1. The second-order valence-corrected chi connectivity index (χ2v) is 4.21. The summed E-state index contributed by atoms with van der Waals surface area (Å²) in [5.41, 5.74) is 1.87. The van der Waals surface area contributed by atoms with Gasteiger partial charge in [0.1, 0.15) is 6.54 Å². The van der Waals surface area contributed by atoms with E-state index in [2.05, 4.69) is 5.10 Å². The highest BCUT2D eigenvalue weighted by Crippen LogP contribution is 2.02. The first-order valence-electron chi connectivity index (χ1n) is 5.33. The first-order chi connectivity index (χ1) is 7.40. The smallest absolute Gasteiger partial charge is 0.244 e. The van der Waals surface area contributed by atoms with Gasteiger partial charge in [0.25, 0.3) is 0 Å². The van der Waals surface area contributed by atoms with Gasteiger partial charge in [-0.1, -0.05) is 0 Å². The summed E-state index contributed by atoms with van der Waals surface area (Å²) in [6.45, 7) is 6.05. The fourth-order valence-corrected chi connectivity index (χ4v) is 1.58. The average molecular weight is 225 g/mol. The third kappa shape index (κ3) is 3.34. The summed E-state index contributed by atoms with van der Waals surface area (Å²) >= 11 is 0. The first-order valence-corrected chi connectivity index (χ1v) is 5.33. The molecule has 0 saturated heterocycles. The van der Waals surface area contributed by atoms with Gasteiger partial charge in [-0.2, -0.15) is 5.10 Å². The molecule has 0 fully saturated rings. The zero-order valence-corrected chi connectivity index (χ0v) is 10.3. The number of aryl methyl sites for hydroxylation is 2. The van der Waals surface area contributed by atoms with Crippen LogP contribution in [0.5, 0.6) is 0 Å². The second kappa shape index (κ2) is 5.12. The van der Waals surface area contributed by atoms with Crippen molar-refractivity contribution in [2.45, 2.75) is 33.4 Å². The van der Waals surface area contributed by atoms with Crippen molar-refractivity contribution in [3.8, 4) is 0 Å². The first kappa shape index (κ1) is 12.7. The van der Waals surface area contributed by atoms with E-state index in [1.54, 1.807) is 18.7 Å². The maximum atomic E-state index is 11.8. The molecule has 1 heterocycles. The maximum Gasteiger partial charge on any atom is 0.244 e. The van der Waals surface area contributed by atoms with Gasteiger partial charge in [0.05, 0.1) is 11.8 Å². The molecular weight excluding hydrogens is 206 g/mol. The van der Waals surface area contributed by atoms with Crippen molar-refractivity contribution in [2.24, 2.45) is 0 Å². The van der Waals surface area contributed by atoms with E-state index >= 15 is 0 Å². The molecule has 0 aliphatic heterocycles. The van der Waals surface area contributed by atoms with Crippen LogP contribution in [0.4, 0.5) is 0 Å². The summed E-state index contributed by atoms with van der Waals surface area (Å²) in [4.78, 5) is 13.3. The van der Waals surface area contributed by atoms with E-state index in [0.717, 1.165) is 11.4 Å². The minimum Gasteiger partial charge on any atom is -0.392 e. The van der Waals surface area contributed by atoms with Gasteiger partial charge in [0, 0.05) is 19.3 Å². The zero-order chi connectivity index (χ0) is 12.3. The summed E-state index contributed by atoms with van der Waals surface area (Å²) in [6.07, 6.45) is -0.505. The summed E-state index contributed by atoms with van der Waals surface area (Å²) in [6, 6.07) is 1.93. The Bertz CT molecular complexity index is 371. The van der Waals surface area contributed by atoms with E-state index in [0.29, 0.717) is 6.54 Å². The lowest BCUT2D eigenvalue weighted by Crippen LogP contribution is -2.35. The van der Waals surface area contributed by atoms with Crippen molar-refractivity contribution in [3.63, 3.8) is 0 Å². The molecule has 5 heteroatoms. The van der Waals surface area contributed by atoms with Gasteiger partial charge in [0.2, 0.25) is 5.91 Å². The van der Waals surface area contributed by atoms with Crippen LogP contribution in [0.3, 0.4) is 0 Å². The van der Waals surface area contributed by atoms with Crippen LogP contribution < -0.4 is 0 Å². The van der Waals surface area contributed by atoms with Gasteiger partial charge in [0.15, 0.2) is 0 Å². The number of aromatic nitrogens is 2. The Morgan fingerprint density at radius 2 is 2.25 bits per heavy atom. The minimum atomic E-state index is -0.505. The number of hydrogen-bond donors (Lipinski definition) is 1. The molecule has 0 spiro atoms. The van der Waals surface area contributed by atoms with Crippen LogP contribution in [-0.4, -0.2) is 45.4 Å². The van der Waals surface area contributed by atoms with Crippen LogP contribution in [-0.2, 0) is 11.3 Å². The van der Waals surface area contributed by atoms with Crippen LogP contribution in [0, 0.1) is 13.8 Å². The molecule has 1 rings (SSSR count). The van der Waals surface area contributed by atoms with E-state index < -0.39 is 6.10 Å². The predicted molar refractivity (Wildman–Crippen MR) is 61.0 cm³/mol. The average Bonchev–Trinajstić information content (AvgIpc) is 2.43. The topological polar surface area (TPSA) is 58.4 Å². The molecule has 0 radical (unpaired) electrons. The predicted octanol–water partition coefficient (Wildman–Crippen LogP) is 0.339. The lowest BCUT2D eigenvalue weighted by atomic mass is 10.3. The molecule has 1 aromatic heterocycles. The van der Waals surface area contributed by atoms with Gasteiger partial charge in [-0.05, 0) is 26.8 Å². The molecule has 1 amide bonds. The van der Waals surface area contributed by atoms with Crippen LogP contribution in [0.2, 0.25) is 0 Å². The number of hydrogen-bond acceptors (Lipinski definition) is 3. The molecule has 0 aliphatic carbocycles. The van der Waals surface area contributed by atoms with Crippen LogP contribution in [0.25, 0.3) is 0 Å². The Hall–Kier alpha value is -1.36. The SMILES string of the molecule is Cc1cc(C)n(CC(=O)N(C)CC(C)O)n1. The molecule has 1 unspecified atom stereocenters. The van der Waals surface area contributed by atoms with Crippen molar-refractivity contribution in [1.29, 1.82) is 0 Å². The molecule has 1 aromatic rings. The quantitative estimate of drug-likeness (QED) is 0.804. The molecular formula is C11H19N3O2. The molecule has 1 atom stereocenters. The third-order valence-corrected chi connectivity index (χ3v) is 2.35. The lowest BCUT2D eigenvalue weighted by Gasteiger charge is -2.19. The highest BCUT2D eigenvalue weighted by atomic mass is 16.3. The van der Waals surface area contributed by atoms with E-state index in [9.17, 15) is 9.90 Å². The molecule has 5 nitrogen and oxygen atoms in total. The number of aliphatic hydroxyl groups is 1. The van der Waals surface area contributed by atoms with Crippen LogP contribution in [0.15, 0.2) is 6.07 Å². The monoisotopic (exact) mass is 225 g/mol. The number of aliphatic hydroxyl groups excluding tert-OH is 1. The summed E-state index contributed by atoms with van der Waals surface area (Å²) < 4.78 is 1.68. The zero-order valence-electron chi connectivity index (χ0n) is 10.3. The number of carbonyl (C=O) groups excluding carboxylic acids is 1. The van der Waals surface area contributed by atoms with E-state index in [1.807, 2.05) is 19.9 Å². The molecule has 90 valence electrons. The summed E-state index contributed by atoms with van der Waals surface area (Å²) in [5.74, 6) is -0.0490. The van der Waals surface area contributed by atoms with Gasteiger partial charge in [-0.3, -0.25) is 9.48 Å². The molecule has 0 bridgehead atoms.